The van der Waals surface area contributed by atoms with Crippen LogP contribution in [-0.2, 0) is 9.84 Å². The molecule has 1 rings (SSSR count). The average Bonchev–Trinajstić information content (AvgIpc) is 2.03. The minimum atomic E-state index is -3.25. The molecule has 0 aliphatic carbocycles. The Morgan fingerprint density at radius 2 is 1.50 bits per heavy atom. The van der Waals surface area contributed by atoms with E-state index in [1.165, 1.54) is 12.1 Å². The zero-order chi connectivity index (χ0) is 11.0. The van der Waals surface area contributed by atoms with E-state index >= 15 is 0 Å². The van der Waals surface area contributed by atoms with Gasteiger partial charge in [0.2, 0.25) is 0 Å². The molecule has 0 atom stereocenters. The summed E-state index contributed by atoms with van der Waals surface area (Å²) in [5.41, 5.74) is 6.05. The summed E-state index contributed by atoms with van der Waals surface area (Å²) in [6, 6.07) is 6.27. The van der Waals surface area contributed by atoms with Gasteiger partial charge in [0.1, 0.15) is 0 Å². The predicted molar refractivity (Wildman–Crippen MR) is 57.8 cm³/mol. The summed E-state index contributed by atoms with van der Waals surface area (Å²) in [7, 11) is -3.25. The van der Waals surface area contributed by atoms with Crippen molar-refractivity contribution in [2.45, 2.75) is 30.4 Å². The van der Waals surface area contributed by atoms with Crippen LogP contribution in [0.3, 0.4) is 0 Å². The van der Waals surface area contributed by atoms with E-state index in [4.69, 9.17) is 5.73 Å². The van der Waals surface area contributed by atoms with E-state index in [-0.39, 0.29) is 0 Å². The first kappa shape index (κ1) is 11.0. The Balaban J connectivity index is 3.25. The summed E-state index contributed by atoms with van der Waals surface area (Å²) in [5, 5.41) is 0. The molecular weight excluding hydrogens is 198 g/mol. The van der Waals surface area contributed by atoms with Gasteiger partial charge in [-0.25, -0.2) is 8.42 Å². The molecule has 0 amide bonds. The van der Waals surface area contributed by atoms with E-state index < -0.39 is 14.6 Å². The van der Waals surface area contributed by atoms with Crippen molar-refractivity contribution in [2.24, 2.45) is 0 Å². The van der Waals surface area contributed by atoms with Crippen molar-refractivity contribution < 1.29 is 8.42 Å². The van der Waals surface area contributed by atoms with Crippen LogP contribution in [0.25, 0.3) is 0 Å². The lowest BCUT2D eigenvalue weighted by Crippen LogP contribution is -2.27. The minimum Gasteiger partial charge on any atom is -0.399 e. The Kier molecular flexibility index (Phi) is 2.58. The maximum absolute atomic E-state index is 11.9. The number of anilines is 1. The first-order valence-electron chi connectivity index (χ1n) is 4.35. The smallest absolute Gasteiger partial charge is 0.183 e. The predicted octanol–water partition coefficient (Wildman–Crippen LogP) is 1.84. The van der Waals surface area contributed by atoms with Crippen molar-refractivity contribution in [3.63, 3.8) is 0 Å². The SMILES string of the molecule is CC(C)(C)S(=O)(=O)c1ccc(N)cc1. The van der Waals surface area contributed by atoms with Gasteiger partial charge in [-0.2, -0.15) is 0 Å². The highest BCUT2D eigenvalue weighted by molar-refractivity contribution is 7.92. The van der Waals surface area contributed by atoms with Gasteiger partial charge in [-0.05, 0) is 45.0 Å². The van der Waals surface area contributed by atoms with Gasteiger partial charge in [0.25, 0.3) is 0 Å². The third-order valence-electron chi connectivity index (χ3n) is 2.00. The molecule has 14 heavy (non-hydrogen) atoms. The molecule has 0 heterocycles. The van der Waals surface area contributed by atoms with Crippen molar-refractivity contribution in [2.75, 3.05) is 5.73 Å². The highest BCUT2D eigenvalue weighted by Gasteiger charge is 2.30. The Hall–Kier alpha value is -1.03. The molecule has 0 saturated heterocycles. The van der Waals surface area contributed by atoms with Gasteiger partial charge >= 0.3 is 0 Å². The summed E-state index contributed by atoms with van der Waals surface area (Å²) < 4.78 is 23.1. The normalized spacial score (nSPS) is 12.8. The average molecular weight is 213 g/mol. The van der Waals surface area contributed by atoms with Gasteiger partial charge in [0, 0.05) is 5.69 Å². The summed E-state index contributed by atoms with van der Waals surface area (Å²) in [5.74, 6) is 0. The molecule has 0 unspecified atom stereocenters. The molecule has 0 aliphatic rings. The Labute approximate surface area is 84.9 Å². The molecule has 2 N–H and O–H groups in total. The van der Waals surface area contributed by atoms with Crippen LogP contribution >= 0.6 is 0 Å². The number of hydrogen-bond acceptors (Lipinski definition) is 3. The quantitative estimate of drug-likeness (QED) is 0.724. The highest BCUT2D eigenvalue weighted by Crippen LogP contribution is 2.24. The molecule has 0 radical (unpaired) electrons. The molecule has 0 saturated carbocycles. The van der Waals surface area contributed by atoms with Gasteiger partial charge in [-0.3, -0.25) is 0 Å². The van der Waals surface area contributed by atoms with Gasteiger partial charge in [0.05, 0.1) is 9.64 Å². The molecule has 0 spiro atoms. The lowest BCUT2D eigenvalue weighted by Gasteiger charge is -2.19. The minimum absolute atomic E-state index is 0.319. The number of hydrogen-bond donors (Lipinski definition) is 1. The summed E-state index contributed by atoms with van der Waals surface area (Å²) in [6.45, 7) is 5.04. The number of nitrogens with two attached hydrogens (primary N) is 1. The maximum atomic E-state index is 11.9. The van der Waals surface area contributed by atoms with E-state index in [0.29, 0.717) is 10.6 Å². The topological polar surface area (TPSA) is 60.2 Å². The Morgan fingerprint density at radius 1 is 1.07 bits per heavy atom. The molecular formula is C10H15NO2S. The lowest BCUT2D eigenvalue weighted by molar-refractivity contribution is 0.560. The third kappa shape index (κ3) is 1.90. The molecule has 0 aliphatic heterocycles. The molecule has 3 nitrogen and oxygen atoms in total. The zero-order valence-electron chi connectivity index (χ0n) is 8.61. The summed E-state index contributed by atoms with van der Waals surface area (Å²) in [6.07, 6.45) is 0. The van der Waals surface area contributed by atoms with Crippen molar-refractivity contribution in [1.29, 1.82) is 0 Å². The van der Waals surface area contributed by atoms with E-state index in [1.807, 2.05) is 0 Å². The molecule has 1 aromatic carbocycles. The maximum Gasteiger partial charge on any atom is 0.183 e. The monoisotopic (exact) mass is 213 g/mol. The summed E-state index contributed by atoms with van der Waals surface area (Å²) >= 11 is 0. The van der Waals surface area contributed by atoms with Crippen LogP contribution in [0.1, 0.15) is 20.8 Å². The van der Waals surface area contributed by atoms with Gasteiger partial charge < -0.3 is 5.73 Å². The van der Waals surface area contributed by atoms with Gasteiger partial charge in [-0.15, -0.1) is 0 Å². The van der Waals surface area contributed by atoms with E-state index in [2.05, 4.69) is 0 Å². The second kappa shape index (κ2) is 3.28. The first-order chi connectivity index (χ1) is 6.25. The fourth-order valence-corrected chi connectivity index (χ4v) is 2.20. The van der Waals surface area contributed by atoms with Crippen molar-refractivity contribution in [3.05, 3.63) is 24.3 Å². The van der Waals surface area contributed by atoms with E-state index in [0.717, 1.165) is 0 Å². The van der Waals surface area contributed by atoms with Crippen LogP contribution in [0.15, 0.2) is 29.2 Å². The van der Waals surface area contributed by atoms with Crippen molar-refractivity contribution in [1.82, 2.24) is 0 Å². The van der Waals surface area contributed by atoms with Gasteiger partial charge in [-0.1, -0.05) is 0 Å². The van der Waals surface area contributed by atoms with Crippen LogP contribution < -0.4 is 5.73 Å². The number of nitrogen functional groups attached to an aromatic ring is 1. The molecule has 1 aromatic rings. The number of benzene rings is 1. The van der Waals surface area contributed by atoms with Crippen molar-refractivity contribution >= 4 is 15.5 Å². The molecule has 0 aromatic heterocycles. The van der Waals surface area contributed by atoms with Crippen LogP contribution in [0, 0.1) is 0 Å². The number of rotatable bonds is 1. The Morgan fingerprint density at radius 3 is 1.86 bits per heavy atom. The van der Waals surface area contributed by atoms with E-state index in [9.17, 15) is 8.42 Å². The molecule has 4 heteroatoms. The molecule has 0 bridgehead atoms. The second-order valence-electron chi connectivity index (χ2n) is 4.18. The number of sulfone groups is 1. The van der Waals surface area contributed by atoms with E-state index in [1.54, 1.807) is 32.9 Å². The molecule has 0 fully saturated rings. The third-order valence-corrected chi connectivity index (χ3v) is 4.50. The standard InChI is InChI=1S/C10H15NO2S/c1-10(2,3)14(12,13)9-6-4-8(11)5-7-9/h4-7H,11H2,1-3H3. The zero-order valence-corrected chi connectivity index (χ0v) is 9.43. The van der Waals surface area contributed by atoms with Crippen LogP contribution in [0.2, 0.25) is 0 Å². The first-order valence-corrected chi connectivity index (χ1v) is 5.83. The van der Waals surface area contributed by atoms with Crippen LogP contribution in [-0.4, -0.2) is 13.2 Å². The molecule has 78 valence electrons. The lowest BCUT2D eigenvalue weighted by atomic mass is 10.3. The van der Waals surface area contributed by atoms with Crippen LogP contribution in [0.4, 0.5) is 5.69 Å². The van der Waals surface area contributed by atoms with Crippen molar-refractivity contribution in [3.8, 4) is 0 Å². The highest BCUT2D eigenvalue weighted by atomic mass is 32.2. The van der Waals surface area contributed by atoms with Gasteiger partial charge in [0.15, 0.2) is 9.84 Å². The van der Waals surface area contributed by atoms with Crippen LogP contribution in [0.5, 0.6) is 0 Å². The second-order valence-corrected chi connectivity index (χ2v) is 6.89. The summed E-state index contributed by atoms with van der Waals surface area (Å²) in [4.78, 5) is 0.319. The largest absolute Gasteiger partial charge is 0.399 e. The Bertz CT molecular complexity index is 412. The fraction of sp³-hybridized carbons (Fsp3) is 0.400. The fourth-order valence-electron chi connectivity index (χ4n) is 1.00.